The van der Waals surface area contributed by atoms with Gasteiger partial charge in [0.15, 0.2) is 0 Å². The number of benzene rings is 3. The summed E-state index contributed by atoms with van der Waals surface area (Å²) in [5, 5.41) is 7.43. The van der Waals surface area contributed by atoms with Crippen molar-refractivity contribution in [2.45, 2.75) is 6.04 Å². The first kappa shape index (κ1) is 17.9. The maximum atomic E-state index is 5.21. The van der Waals surface area contributed by atoms with Gasteiger partial charge in [-0.1, -0.05) is 78.9 Å². The summed E-state index contributed by atoms with van der Waals surface area (Å²) in [6.07, 6.45) is 2.30. The second kappa shape index (κ2) is 7.69. The zero-order chi connectivity index (χ0) is 19.6. The molecule has 2 atom stereocenters. The van der Waals surface area contributed by atoms with Crippen LogP contribution in [-0.4, -0.2) is 30.7 Å². The third kappa shape index (κ3) is 3.50. The fourth-order valence-corrected chi connectivity index (χ4v) is 4.53. The second-order valence-corrected chi connectivity index (χ2v) is 7.90. The van der Waals surface area contributed by atoms with Gasteiger partial charge in [-0.15, -0.1) is 0 Å². The van der Waals surface area contributed by atoms with Gasteiger partial charge in [0.1, 0.15) is 0 Å². The zero-order valence-corrected chi connectivity index (χ0v) is 16.6. The summed E-state index contributed by atoms with van der Waals surface area (Å²) in [6.45, 7) is 1.93. The molecule has 5 rings (SSSR count). The summed E-state index contributed by atoms with van der Waals surface area (Å²) in [7, 11) is 2.21. The molecule has 2 aliphatic rings. The molecule has 0 saturated carbocycles. The summed E-state index contributed by atoms with van der Waals surface area (Å²) < 4.78 is 0. The van der Waals surface area contributed by atoms with Crippen molar-refractivity contribution in [3.05, 3.63) is 108 Å². The van der Waals surface area contributed by atoms with Crippen LogP contribution in [0.4, 0.5) is 5.69 Å². The molecule has 3 aromatic carbocycles. The predicted octanol–water partition coefficient (Wildman–Crippen LogP) is 5.25. The molecule has 29 heavy (non-hydrogen) atoms. The van der Waals surface area contributed by atoms with E-state index in [1.807, 2.05) is 0 Å². The molecule has 0 spiro atoms. The number of fused-ring (bicyclic) bond motifs is 1. The highest BCUT2D eigenvalue weighted by Crippen LogP contribution is 2.42. The minimum atomic E-state index is 0.204. The average molecular weight is 380 g/mol. The fraction of sp³-hybridized carbons (Fsp3) is 0.192. The van der Waals surface area contributed by atoms with E-state index in [0.717, 1.165) is 18.8 Å². The molecule has 3 nitrogen and oxygen atoms in total. The molecule has 0 aliphatic carbocycles. The number of likely N-dealkylation sites (tertiary alicyclic amines) is 1. The van der Waals surface area contributed by atoms with E-state index >= 15 is 0 Å². The number of likely N-dealkylation sites (N-methyl/N-ethyl adjacent to an activating group) is 1. The fourth-order valence-electron chi connectivity index (χ4n) is 4.53. The van der Waals surface area contributed by atoms with Gasteiger partial charge in [0.25, 0.3) is 0 Å². The number of para-hydroxylation sites is 1. The number of hydrazone groups is 1. The maximum Gasteiger partial charge on any atom is 0.0872 e. The van der Waals surface area contributed by atoms with Gasteiger partial charge in [-0.2, -0.15) is 5.10 Å². The van der Waals surface area contributed by atoms with Crippen LogP contribution < -0.4 is 5.01 Å². The molecular weight excluding hydrogens is 354 g/mol. The smallest absolute Gasteiger partial charge is 0.0872 e. The number of nitrogens with zero attached hydrogens (tertiary/aromatic N) is 3. The minimum Gasteiger partial charge on any atom is -0.301 e. The highest BCUT2D eigenvalue weighted by Gasteiger charge is 2.43. The van der Waals surface area contributed by atoms with Gasteiger partial charge in [-0.25, -0.2) is 0 Å². The highest BCUT2D eigenvalue weighted by atomic mass is 15.5. The molecular formula is C26H25N3. The normalized spacial score (nSPS) is 23.1. The van der Waals surface area contributed by atoms with Gasteiger partial charge >= 0.3 is 0 Å². The molecule has 1 saturated heterocycles. The van der Waals surface area contributed by atoms with Crippen LogP contribution in [0.3, 0.4) is 0 Å². The molecule has 3 heteroatoms. The van der Waals surface area contributed by atoms with Crippen molar-refractivity contribution in [3.63, 3.8) is 0 Å². The Morgan fingerprint density at radius 2 is 1.45 bits per heavy atom. The number of rotatable bonds is 3. The standard InChI is InChI=1S/C26H25N3/c1-28-18-22(17-20-11-5-2-6-12-20)25-24(19-28)26(21-13-7-3-8-14-21)29(27-25)23-15-9-4-10-16-23/h2-17,24,26H,18-19H2,1H3/b22-17-/t24-,26-/m0/s1. The van der Waals surface area contributed by atoms with Crippen molar-refractivity contribution >= 4 is 17.5 Å². The van der Waals surface area contributed by atoms with E-state index < -0.39 is 0 Å². The Hall–Kier alpha value is -3.17. The maximum absolute atomic E-state index is 5.21. The third-order valence-electron chi connectivity index (χ3n) is 5.79. The lowest BCUT2D eigenvalue weighted by Gasteiger charge is -2.34. The van der Waals surface area contributed by atoms with Crippen LogP contribution in [0.5, 0.6) is 0 Å². The highest BCUT2D eigenvalue weighted by molar-refractivity contribution is 6.08. The van der Waals surface area contributed by atoms with Crippen molar-refractivity contribution in [1.82, 2.24) is 4.90 Å². The molecule has 0 unspecified atom stereocenters. The monoisotopic (exact) mass is 379 g/mol. The van der Waals surface area contributed by atoms with E-state index in [0.29, 0.717) is 5.92 Å². The Morgan fingerprint density at radius 3 is 2.14 bits per heavy atom. The Kier molecular flexibility index (Phi) is 4.74. The van der Waals surface area contributed by atoms with Crippen molar-refractivity contribution in [3.8, 4) is 0 Å². The topological polar surface area (TPSA) is 18.8 Å². The molecule has 0 bridgehead atoms. The van der Waals surface area contributed by atoms with Crippen LogP contribution in [0, 0.1) is 5.92 Å². The van der Waals surface area contributed by atoms with Crippen molar-refractivity contribution in [2.75, 3.05) is 25.1 Å². The molecule has 2 heterocycles. The lowest BCUT2D eigenvalue weighted by Crippen LogP contribution is -2.41. The molecule has 1 fully saturated rings. The molecule has 0 amide bonds. The summed E-state index contributed by atoms with van der Waals surface area (Å²) in [4.78, 5) is 2.42. The largest absolute Gasteiger partial charge is 0.301 e. The Labute approximate surface area is 172 Å². The number of hydrogen-bond acceptors (Lipinski definition) is 3. The van der Waals surface area contributed by atoms with Crippen LogP contribution in [0.25, 0.3) is 6.08 Å². The number of anilines is 1. The van der Waals surface area contributed by atoms with Crippen LogP contribution in [0.2, 0.25) is 0 Å². The quantitative estimate of drug-likeness (QED) is 0.619. The van der Waals surface area contributed by atoms with Crippen molar-refractivity contribution < 1.29 is 0 Å². The Bertz CT molecular complexity index is 1030. The van der Waals surface area contributed by atoms with E-state index in [2.05, 4.69) is 114 Å². The SMILES string of the molecule is CN1C/C(=C/c2ccccc2)C2=NN(c3ccccc3)[C@@H](c3ccccc3)[C@H]2C1. The summed E-state index contributed by atoms with van der Waals surface area (Å²) >= 11 is 0. The first-order valence-electron chi connectivity index (χ1n) is 10.2. The van der Waals surface area contributed by atoms with Gasteiger partial charge < -0.3 is 4.90 Å². The zero-order valence-electron chi connectivity index (χ0n) is 16.6. The molecule has 0 N–H and O–H groups in total. The van der Waals surface area contributed by atoms with E-state index in [9.17, 15) is 0 Å². The van der Waals surface area contributed by atoms with E-state index in [1.165, 1.54) is 22.4 Å². The molecule has 0 radical (unpaired) electrons. The number of piperidine rings is 1. The molecule has 0 aromatic heterocycles. The molecule has 144 valence electrons. The average Bonchev–Trinajstić information content (AvgIpc) is 3.15. The van der Waals surface area contributed by atoms with Crippen LogP contribution in [0.15, 0.2) is 102 Å². The Morgan fingerprint density at radius 1 is 0.828 bits per heavy atom. The van der Waals surface area contributed by atoms with E-state index in [1.54, 1.807) is 0 Å². The van der Waals surface area contributed by atoms with Gasteiger partial charge in [0.05, 0.1) is 17.4 Å². The summed E-state index contributed by atoms with van der Waals surface area (Å²) in [5.74, 6) is 0.339. The van der Waals surface area contributed by atoms with E-state index in [4.69, 9.17) is 5.10 Å². The second-order valence-electron chi connectivity index (χ2n) is 7.90. The van der Waals surface area contributed by atoms with Crippen molar-refractivity contribution in [1.29, 1.82) is 0 Å². The predicted molar refractivity (Wildman–Crippen MR) is 121 cm³/mol. The number of hydrogen-bond donors (Lipinski definition) is 0. The Balaban J connectivity index is 1.62. The summed E-state index contributed by atoms with van der Waals surface area (Å²) in [5.41, 5.74) is 6.23. The lowest BCUT2D eigenvalue weighted by atomic mass is 9.83. The van der Waals surface area contributed by atoms with Crippen LogP contribution in [-0.2, 0) is 0 Å². The molecule has 2 aliphatic heterocycles. The van der Waals surface area contributed by atoms with Crippen LogP contribution >= 0.6 is 0 Å². The third-order valence-corrected chi connectivity index (χ3v) is 5.79. The first-order valence-corrected chi connectivity index (χ1v) is 10.2. The summed E-state index contributed by atoms with van der Waals surface area (Å²) in [6, 6.07) is 32.1. The van der Waals surface area contributed by atoms with Gasteiger partial charge in [0, 0.05) is 19.0 Å². The van der Waals surface area contributed by atoms with Gasteiger partial charge in [0.2, 0.25) is 0 Å². The first-order chi connectivity index (χ1) is 14.3. The van der Waals surface area contributed by atoms with E-state index in [-0.39, 0.29) is 6.04 Å². The van der Waals surface area contributed by atoms with Gasteiger partial charge in [-0.05, 0) is 42.0 Å². The van der Waals surface area contributed by atoms with Gasteiger partial charge in [-0.3, -0.25) is 5.01 Å². The van der Waals surface area contributed by atoms with Crippen LogP contribution in [0.1, 0.15) is 17.2 Å². The lowest BCUT2D eigenvalue weighted by molar-refractivity contribution is 0.303. The minimum absolute atomic E-state index is 0.204. The molecule has 3 aromatic rings. The van der Waals surface area contributed by atoms with Crippen molar-refractivity contribution in [2.24, 2.45) is 11.0 Å².